The van der Waals surface area contributed by atoms with Crippen LogP contribution in [-0.4, -0.2) is 48.5 Å². The van der Waals surface area contributed by atoms with Gasteiger partial charge in [-0.25, -0.2) is 13.1 Å². The summed E-state index contributed by atoms with van der Waals surface area (Å²) in [5.41, 5.74) is -1.01. The van der Waals surface area contributed by atoms with Gasteiger partial charge in [0.1, 0.15) is 4.90 Å². The highest BCUT2D eigenvalue weighted by Crippen LogP contribution is 2.16. The van der Waals surface area contributed by atoms with Crippen molar-refractivity contribution in [2.45, 2.75) is 43.2 Å². The van der Waals surface area contributed by atoms with Crippen molar-refractivity contribution in [1.82, 2.24) is 19.8 Å². The van der Waals surface area contributed by atoms with Gasteiger partial charge in [-0.15, -0.1) is 12.4 Å². The van der Waals surface area contributed by atoms with E-state index < -0.39 is 15.6 Å². The second kappa shape index (κ2) is 7.55. The Morgan fingerprint density at radius 1 is 1.57 bits per heavy atom. The van der Waals surface area contributed by atoms with Crippen LogP contribution >= 0.6 is 12.4 Å². The van der Waals surface area contributed by atoms with E-state index in [0.29, 0.717) is 19.5 Å². The zero-order valence-corrected chi connectivity index (χ0v) is 13.7. The van der Waals surface area contributed by atoms with Crippen molar-refractivity contribution < 1.29 is 13.5 Å². The number of β-amino-alcohol motifs (C(OH)–C–C–N with tert-alkyl or cyclic N) is 1. The summed E-state index contributed by atoms with van der Waals surface area (Å²) in [7, 11) is -3.62. The van der Waals surface area contributed by atoms with Crippen LogP contribution in [0.4, 0.5) is 0 Å². The summed E-state index contributed by atoms with van der Waals surface area (Å²) in [4.78, 5) is 0.137. The van der Waals surface area contributed by atoms with Gasteiger partial charge in [-0.2, -0.15) is 5.10 Å². The first-order valence-electron chi connectivity index (χ1n) is 6.90. The summed E-state index contributed by atoms with van der Waals surface area (Å²) in [6.45, 7) is 3.97. The number of aliphatic hydroxyl groups is 1. The third-order valence-electron chi connectivity index (χ3n) is 3.41. The molecule has 0 amide bonds. The minimum Gasteiger partial charge on any atom is -0.387 e. The number of aromatic nitrogens is 2. The van der Waals surface area contributed by atoms with Crippen molar-refractivity contribution in [3.8, 4) is 0 Å². The lowest BCUT2D eigenvalue weighted by Gasteiger charge is -2.32. The highest BCUT2D eigenvalue weighted by Gasteiger charge is 2.31. The SMILES string of the molecule is CCCn1cc(S(=O)(=O)NCC2(O)CCCNC2)cn1.Cl. The van der Waals surface area contributed by atoms with Crippen molar-refractivity contribution in [2.75, 3.05) is 19.6 Å². The lowest BCUT2D eigenvalue weighted by molar-refractivity contribution is 0.0218. The molecule has 0 spiro atoms. The lowest BCUT2D eigenvalue weighted by Crippen LogP contribution is -2.52. The Morgan fingerprint density at radius 3 is 2.95 bits per heavy atom. The molecule has 1 aliphatic heterocycles. The van der Waals surface area contributed by atoms with E-state index in [4.69, 9.17) is 0 Å². The molecular weight excluding hydrogens is 316 g/mol. The Morgan fingerprint density at radius 2 is 2.33 bits per heavy atom. The van der Waals surface area contributed by atoms with Gasteiger partial charge in [-0.3, -0.25) is 4.68 Å². The molecular formula is C12H23ClN4O3S. The standard InChI is InChI=1S/C12H22N4O3S.ClH/c1-2-6-16-8-11(7-14-16)20(18,19)15-10-12(17)4-3-5-13-9-12;/h7-8,13,15,17H,2-6,9-10H2,1H3;1H. The molecule has 1 unspecified atom stereocenters. The van der Waals surface area contributed by atoms with Crippen LogP contribution in [0.3, 0.4) is 0 Å². The predicted octanol–water partition coefficient (Wildman–Crippen LogP) is 0.108. The number of hydrogen-bond acceptors (Lipinski definition) is 5. The molecule has 0 bridgehead atoms. The number of piperidine rings is 1. The molecule has 1 aromatic rings. The van der Waals surface area contributed by atoms with E-state index in [0.717, 1.165) is 19.4 Å². The first kappa shape index (κ1) is 18.4. The van der Waals surface area contributed by atoms with Crippen LogP contribution in [0.25, 0.3) is 0 Å². The highest BCUT2D eigenvalue weighted by atomic mass is 35.5. The molecule has 2 heterocycles. The fourth-order valence-corrected chi connectivity index (χ4v) is 3.32. The summed E-state index contributed by atoms with van der Waals surface area (Å²) >= 11 is 0. The fraction of sp³-hybridized carbons (Fsp3) is 0.750. The second-order valence-electron chi connectivity index (χ2n) is 5.27. The zero-order chi connectivity index (χ0) is 14.6. The Kier molecular flexibility index (Phi) is 6.61. The average Bonchev–Trinajstić information content (AvgIpc) is 2.88. The van der Waals surface area contributed by atoms with Gasteiger partial charge in [0, 0.05) is 25.8 Å². The monoisotopic (exact) mass is 338 g/mol. The third kappa shape index (κ3) is 4.93. The smallest absolute Gasteiger partial charge is 0.243 e. The maximum absolute atomic E-state index is 12.1. The van der Waals surface area contributed by atoms with E-state index in [-0.39, 0.29) is 23.8 Å². The predicted molar refractivity (Wildman–Crippen MR) is 82.0 cm³/mol. The largest absolute Gasteiger partial charge is 0.387 e. The van der Waals surface area contributed by atoms with E-state index in [1.165, 1.54) is 12.4 Å². The van der Waals surface area contributed by atoms with Gasteiger partial charge in [0.05, 0.1) is 11.8 Å². The molecule has 2 rings (SSSR count). The summed E-state index contributed by atoms with van der Waals surface area (Å²) < 4.78 is 28.3. The Bertz CT molecular complexity index is 540. The normalized spacial score (nSPS) is 22.8. The number of rotatable bonds is 6. The third-order valence-corrected chi connectivity index (χ3v) is 4.77. The van der Waals surface area contributed by atoms with E-state index in [1.54, 1.807) is 4.68 Å². The first-order valence-corrected chi connectivity index (χ1v) is 8.39. The van der Waals surface area contributed by atoms with Gasteiger partial charge in [0.2, 0.25) is 10.0 Å². The van der Waals surface area contributed by atoms with Crippen molar-refractivity contribution in [3.63, 3.8) is 0 Å². The highest BCUT2D eigenvalue weighted by molar-refractivity contribution is 7.89. The number of halogens is 1. The maximum atomic E-state index is 12.1. The molecule has 1 fully saturated rings. The molecule has 1 saturated heterocycles. The van der Waals surface area contributed by atoms with Gasteiger partial charge in [0.25, 0.3) is 0 Å². The van der Waals surface area contributed by atoms with Crippen molar-refractivity contribution in [3.05, 3.63) is 12.4 Å². The Labute approximate surface area is 131 Å². The van der Waals surface area contributed by atoms with E-state index in [2.05, 4.69) is 15.1 Å². The van der Waals surface area contributed by atoms with Crippen LogP contribution in [0, 0.1) is 0 Å². The van der Waals surface area contributed by atoms with Crippen LogP contribution in [-0.2, 0) is 16.6 Å². The summed E-state index contributed by atoms with van der Waals surface area (Å²) in [6, 6.07) is 0. The summed E-state index contributed by atoms with van der Waals surface area (Å²) in [5, 5.41) is 17.3. The molecule has 3 N–H and O–H groups in total. The van der Waals surface area contributed by atoms with Gasteiger partial charge in [0.15, 0.2) is 0 Å². The molecule has 1 atom stereocenters. The minimum atomic E-state index is -3.62. The van der Waals surface area contributed by atoms with E-state index in [9.17, 15) is 13.5 Å². The summed E-state index contributed by atoms with van der Waals surface area (Å²) in [5.74, 6) is 0. The molecule has 1 aliphatic rings. The Balaban J connectivity index is 0.00000220. The molecule has 0 aromatic carbocycles. The average molecular weight is 339 g/mol. The number of nitrogens with one attached hydrogen (secondary N) is 2. The van der Waals surface area contributed by atoms with Crippen LogP contribution < -0.4 is 10.0 Å². The Hall–Kier alpha value is -0.670. The van der Waals surface area contributed by atoms with E-state index >= 15 is 0 Å². The van der Waals surface area contributed by atoms with Gasteiger partial charge >= 0.3 is 0 Å². The molecule has 7 nitrogen and oxygen atoms in total. The van der Waals surface area contributed by atoms with Crippen molar-refractivity contribution in [2.24, 2.45) is 0 Å². The quantitative estimate of drug-likeness (QED) is 0.684. The molecule has 9 heteroatoms. The molecule has 1 aromatic heterocycles. The number of sulfonamides is 1. The van der Waals surface area contributed by atoms with Crippen molar-refractivity contribution >= 4 is 22.4 Å². The maximum Gasteiger partial charge on any atom is 0.243 e. The van der Waals surface area contributed by atoms with Crippen LogP contribution in [0.15, 0.2) is 17.3 Å². The molecule has 0 aliphatic carbocycles. The molecule has 0 saturated carbocycles. The van der Waals surface area contributed by atoms with Gasteiger partial charge in [-0.1, -0.05) is 6.92 Å². The van der Waals surface area contributed by atoms with Crippen LogP contribution in [0.2, 0.25) is 0 Å². The fourth-order valence-electron chi connectivity index (χ4n) is 2.25. The van der Waals surface area contributed by atoms with Gasteiger partial charge in [-0.05, 0) is 25.8 Å². The molecule has 0 radical (unpaired) electrons. The number of nitrogens with zero attached hydrogens (tertiary/aromatic N) is 2. The van der Waals surface area contributed by atoms with Gasteiger partial charge < -0.3 is 10.4 Å². The number of aryl methyl sites for hydroxylation is 1. The molecule has 122 valence electrons. The van der Waals surface area contributed by atoms with E-state index in [1.807, 2.05) is 6.92 Å². The lowest BCUT2D eigenvalue weighted by atomic mass is 9.95. The first-order chi connectivity index (χ1) is 9.45. The topological polar surface area (TPSA) is 96.2 Å². The summed E-state index contributed by atoms with van der Waals surface area (Å²) in [6.07, 6.45) is 5.17. The van der Waals surface area contributed by atoms with Crippen LogP contribution in [0.5, 0.6) is 0 Å². The number of hydrogen-bond donors (Lipinski definition) is 3. The zero-order valence-electron chi connectivity index (χ0n) is 12.1. The van der Waals surface area contributed by atoms with Crippen molar-refractivity contribution in [1.29, 1.82) is 0 Å². The molecule has 21 heavy (non-hydrogen) atoms. The second-order valence-corrected chi connectivity index (χ2v) is 7.04. The van der Waals surface area contributed by atoms with Crippen LogP contribution in [0.1, 0.15) is 26.2 Å². The minimum absolute atomic E-state index is 0.